The van der Waals surface area contributed by atoms with Crippen molar-refractivity contribution < 1.29 is 22.7 Å². The second-order valence-corrected chi connectivity index (χ2v) is 11.1. The largest absolute Gasteiger partial charge is 0.495 e. The predicted molar refractivity (Wildman–Crippen MR) is 130 cm³/mol. The molecule has 1 aromatic carbocycles. The third kappa shape index (κ3) is 5.23. The van der Waals surface area contributed by atoms with Crippen molar-refractivity contribution >= 4 is 21.6 Å². The lowest BCUT2D eigenvalue weighted by atomic mass is 9.94. The van der Waals surface area contributed by atoms with E-state index in [2.05, 4.69) is 4.98 Å². The van der Waals surface area contributed by atoms with Gasteiger partial charge in [0, 0.05) is 25.4 Å². The first kappa shape index (κ1) is 24.9. The van der Waals surface area contributed by atoms with E-state index in [1.54, 1.807) is 12.3 Å². The Hall–Kier alpha value is -3.24. The van der Waals surface area contributed by atoms with Crippen molar-refractivity contribution in [2.45, 2.75) is 38.7 Å². The Morgan fingerprint density at radius 3 is 2.51 bits per heavy atom. The van der Waals surface area contributed by atoms with E-state index in [9.17, 15) is 18.0 Å². The molecule has 0 amide bonds. The zero-order valence-corrected chi connectivity index (χ0v) is 21.0. The van der Waals surface area contributed by atoms with Gasteiger partial charge < -0.3 is 9.47 Å². The van der Waals surface area contributed by atoms with Crippen LogP contribution in [-0.2, 0) is 21.4 Å². The number of rotatable bonds is 6. The van der Waals surface area contributed by atoms with Crippen molar-refractivity contribution in [2.75, 3.05) is 20.2 Å². The van der Waals surface area contributed by atoms with E-state index in [-0.39, 0.29) is 40.2 Å². The predicted octanol–water partition coefficient (Wildman–Crippen LogP) is 3.04. The van der Waals surface area contributed by atoms with Crippen LogP contribution in [0.3, 0.4) is 0 Å². The maximum absolute atomic E-state index is 13.4. The number of carbonyl (C=O) groups is 1. The third-order valence-electron chi connectivity index (χ3n) is 6.06. The van der Waals surface area contributed by atoms with Crippen molar-refractivity contribution in [1.29, 1.82) is 0 Å². The second-order valence-electron chi connectivity index (χ2n) is 9.23. The van der Waals surface area contributed by atoms with Crippen LogP contribution in [0.25, 0.3) is 5.65 Å². The van der Waals surface area contributed by atoms with Gasteiger partial charge in [-0.1, -0.05) is 19.9 Å². The lowest BCUT2D eigenvalue weighted by Gasteiger charge is -2.34. The van der Waals surface area contributed by atoms with Gasteiger partial charge in [0.2, 0.25) is 10.0 Å². The number of pyridine rings is 1. The number of methoxy groups -OCH3 is 1. The summed E-state index contributed by atoms with van der Waals surface area (Å²) in [4.78, 5) is 29.5. The fourth-order valence-electron chi connectivity index (χ4n) is 4.50. The van der Waals surface area contributed by atoms with Crippen molar-refractivity contribution in [2.24, 2.45) is 11.8 Å². The number of esters is 1. The summed E-state index contributed by atoms with van der Waals surface area (Å²) >= 11 is 0. The summed E-state index contributed by atoms with van der Waals surface area (Å²) in [7, 11) is -2.50. The highest BCUT2D eigenvalue weighted by molar-refractivity contribution is 7.89. The average molecular weight is 500 g/mol. The molecule has 0 saturated carbocycles. The molecule has 35 heavy (non-hydrogen) atoms. The first-order valence-electron chi connectivity index (χ1n) is 11.4. The minimum Gasteiger partial charge on any atom is -0.495 e. The van der Waals surface area contributed by atoms with Crippen LogP contribution in [0, 0.1) is 18.8 Å². The number of hydrogen-bond acceptors (Lipinski definition) is 7. The summed E-state index contributed by atoms with van der Waals surface area (Å²) in [6.07, 6.45) is 2.64. The van der Waals surface area contributed by atoms with Gasteiger partial charge in [0.1, 0.15) is 22.9 Å². The third-order valence-corrected chi connectivity index (χ3v) is 7.92. The molecule has 4 rings (SSSR count). The Labute approximate surface area is 204 Å². The molecule has 0 radical (unpaired) electrons. The van der Waals surface area contributed by atoms with Gasteiger partial charge >= 0.3 is 5.97 Å². The van der Waals surface area contributed by atoms with Crippen LogP contribution < -0.4 is 10.3 Å². The molecule has 0 aliphatic carbocycles. The molecule has 1 saturated heterocycles. The van der Waals surface area contributed by atoms with E-state index < -0.39 is 16.0 Å². The van der Waals surface area contributed by atoms with Crippen molar-refractivity contribution in [3.63, 3.8) is 0 Å². The summed E-state index contributed by atoms with van der Waals surface area (Å²) in [6.45, 7) is 6.51. The fraction of sp³-hybridized carbons (Fsp3) is 0.400. The van der Waals surface area contributed by atoms with Crippen LogP contribution in [-0.4, -0.2) is 48.3 Å². The molecule has 1 aliphatic heterocycles. The summed E-state index contributed by atoms with van der Waals surface area (Å²) in [5.41, 5.74) is 1.43. The molecule has 9 nitrogen and oxygen atoms in total. The summed E-state index contributed by atoms with van der Waals surface area (Å²) in [5, 5.41) is 0. The highest BCUT2D eigenvalue weighted by atomic mass is 32.2. The number of nitrogens with zero attached hydrogens (tertiary/aromatic N) is 3. The van der Waals surface area contributed by atoms with Gasteiger partial charge in [0.25, 0.3) is 5.56 Å². The normalized spacial score (nSPS) is 19.0. The van der Waals surface area contributed by atoms with E-state index >= 15 is 0 Å². The molecule has 0 bridgehead atoms. The monoisotopic (exact) mass is 499 g/mol. The lowest BCUT2D eigenvalue weighted by molar-refractivity contribution is 0.0467. The fourth-order valence-corrected chi connectivity index (χ4v) is 6.36. The molecule has 10 heteroatoms. The Morgan fingerprint density at radius 1 is 1.11 bits per heavy atom. The van der Waals surface area contributed by atoms with Crippen molar-refractivity contribution in [3.05, 3.63) is 69.8 Å². The molecule has 3 aromatic rings. The number of fused-ring (bicyclic) bond motifs is 1. The molecule has 2 atom stereocenters. The van der Waals surface area contributed by atoms with E-state index in [1.807, 2.05) is 26.8 Å². The zero-order valence-electron chi connectivity index (χ0n) is 20.2. The van der Waals surface area contributed by atoms with Crippen LogP contribution in [0.4, 0.5) is 0 Å². The minimum atomic E-state index is -3.88. The molecule has 186 valence electrons. The summed E-state index contributed by atoms with van der Waals surface area (Å²) in [5.74, 6) is -0.104. The van der Waals surface area contributed by atoms with Crippen LogP contribution in [0.15, 0.2) is 52.3 Å². The van der Waals surface area contributed by atoms with Crippen LogP contribution in [0.2, 0.25) is 0 Å². The molecule has 2 aromatic heterocycles. The van der Waals surface area contributed by atoms with E-state index in [0.29, 0.717) is 24.4 Å². The van der Waals surface area contributed by atoms with Gasteiger partial charge in [-0.05, 0) is 55.0 Å². The zero-order chi connectivity index (χ0) is 25.3. The second kappa shape index (κ2) is 9.79. The molecule has 0 unspecified atom stereocenters. The maximum atomic E-state index is 13.4. The molecular weight excluding hydrogens is 470 g/mol. The average Bonchev–Trinajstić information content (AvgIpc) is 2.82. The first-order valence-corrected chi connectivity index (χ1v) is 12.9. The van der Waals surface area contributed by atoms with E-state index in [0.717, 1.165) is 12.0 Å². The van der Waals surface area contributed by atoms with Crippen LogP contribution >= 0.6 is 0 Å². The minimum absolute atomic E-state index is 0.0654. The highest BCUT2D eigenvalue weighted by Gasteiger charge is 2.34. The highest BCUT2D eigenvalue weighted by Crippen LogP contribution is 2.32. The van der Waals surface area contributed by atoms with Gasteiger partial charge in [0.05, 0.1) is 18.4 Å². The van der Waals surface area contributed by atoms with Gasteiger partial charge in [-0.15, -0.1) is 0 Å². The lowest BCUT2D eigenvalue weighted by Crippen LogP contribution is -2.42. The van der Waals surface area contributed by atoms with Gasteiger partial charge in [0.15, 0.2) is 0 Å². The smallest absolute Gasteiger partial charge is 0.338 e. The Kier molecular flexibility index (Phi) is 6.95. The van der Waals surface area contributed by atoms with Crippen LogP contribution in [0.5, 0.6) is 5.75 Å². The molecule has 0 N–H and O–H groups in total. The molecule has 3 heterocycles. The van der Waals surface area contributed by atoms with E-state index in [4.69, 9.17) is 9.47 Å². The van der Waals surface area contributed by atoms with Gasteiger partial charge in [-0.3, -0.25) is 9.20 Å². The number of benzene rings is 1. The Balaban J connectivity index is 1.57. The Bertz CT molecular complexity index is 1420. The molecule has 1 fully saturated rings. The topological polar surface area (TPSA) is 107 Å². The first-order chi connectivity index (χ1) is 16.6. The number of ether oxygens (including phenoxy) is 2. The standard InChI is InChI=1S/C25H29N3O6S/c1-16-5-8-23-26-20(11-24(29)28(23)14-16)15-34-25(30)19-6-7-21(33-4)22(10-19)35(31,32)27-12-17(2)9-18(3)13-27/h5-8,10-11,14,17-18H,9,12-13,15H2,1-4H3/t17-,18-/m0/s1. The molecular formula is C25H29N3O6S. The van der Waals surface area contributed by atoms with Crippen LogP contribution in [0.1, 0.15) is 41.9 Å². The Morgan fingerprint density at radius 2 is 1.83 bits per heavy atom. The number of piperidine rings is 1. The number of aryl methyl sites for hydroxylation is 1. The van der Waals surface area contributed by atoms with Gasteiger partial charge in [-0.2, -0.15) is 4.31 Å². The summed E-state index contributed by atoms with van der Waals surface area (Å²) in [6, 6.07) is 9.04. The SMILES string of the molecule is COc1ccc(C(=O)OCc2cc(=O)n3cc(C)ccc3n2)cc1S(=O)(=O)N1C[C@@H](C)C[C@H](C)C1. The molecule has 1 aliphatic rings. The number of carbonyl (C=O) groups excluding carboxylic acids is 1. The number of aromatic nitrogens is 2. The number of sulfonamides is 1. The van der Waals surface area contributed by atoms with Crippen molar-refractivity contribution in [1.82, 2.24) is 13.7 Å². The summed E-state index contributed by atoms with van der Waals surface area (Å²) < 4.78 is 40.4. The van der Waals surface area contributed by atoms with E-state index in [1.165, 1.54) is 40.1 Å². The van der Waals surface area contributed by atoms with Crippen molar-refractivity contribution in [3.8, 4) is 5.75 Å². The maximum Gasteiger partial charge on any atom is 0.338 e. The quantitative estimate of drug-likeness (QED) is 0.480. The van der Waals surface area contributed by atoms with Gasteiger partial charge in [-0.25, -0.2) is 18.2 Å². The molecule has 0 spiro atoms. The number of hydrogen-bond donors (Lipinski definition) is 0.